The fraction of sp³-hybridized carbons (Fsp3) is 0.308. The third-order valence-electron chi connectivity index (χ3n) is 3.11. The second kappa shape index (κ2) is 3.19. The molecule has 0 bridgehead atoms. The molecule has 0 saturated carbocycles. The molecule has 16 heavy (non-hydrogen) atoms. The minimum absolute atomic E-state index is 0.0220. The number of benzene rings is 1. The average Bonchev–Trinajstić information content (AvgIpc) is 3.01. The highest BCUT2D eigenvalue weighted by Crippen LogP contribution is 2.49. The summed E-state index contributed by atoms with van der Waals surface area (Å²) in [5.41, 5.74) is 1.30. The Bertz CT molecular complexity index is 475. The standard InChI is InChI=1S/C13H12O3/c14-11(9-5-2-1-3-6-9)10-7-4-8-13(15)12(10)16-13/h1-3,5-6,15H,4,7-8H2. The number of carbonyl (C=O) groups is 1. The van der Waals surface area contributed by atoms with Crippen molar-refractivity contribution < 1.29 is 14.6 Å². The molecule has 1 N–H and O–H groups in total. The largest absolute Gasteiger partial charge is 0.452 e. The summed E-state index contributed by atoms with van der Waals surface area (Å²) in [6.45, 7) is 0. The average molecular weight is 216 g/mol. The van der Waals surface area contributed by atoms with Gasteiger partial charge in [0.2, 0.25) is 0 Å². The Kier molecular flexibility index (Phi) is 1.91. The van der Waals surface area contributed by atoms with E-state index in [1.807, 2.05) is 18.2 Å². The predicted molar refractivity (Wildman–Crippen MR) is 57.7 cm³/mol. The van der Waals surface area contributed by atoms with Gasteiger partial charge in [0.15, 0.2) is 11.5 Å². The van der Waals surface area contributed by atoms with Crippen LogP contribution in [0.15, 0.2) is 41.7 Å². The first-order chi connectivity index (χ1) is 7.71. The summed E-state index contributed by atoms with van der Waals surface area (Å²) in [5.74, 6) is -0.642. The number of epoxide rings is 1. The highest BCUT2D eigenvalue weighted by atomic mass is 16.7. The lowest BCUT2D eigenvalue weighted by Gasteiger charge is -2.10. The molecule has 3 nitrogen and oxygen atoms in total. The van der Waals surface area contributed by atoms with E-state index in [0.717, 1.165) is 6.42 Å². The van der Waals surface area contributed by atoms with Gasteiger partial charge in [0.1, 0.15) is 0 Å². The van der Waals surface area contributed by atoms with Crippen LogP contribution in [0.2, 0.25) is 0 Å². The van der Waals surface area contributed by atoms with Gasteiger partial charge in [-0.3, -0.25) is 4.79 Å². The SMILES string of the molecule is O=C(C1=C2OC2(O)CCC1)c1ccccc1. The highest BCUT2D eigenvalue weighted by Gasteiger charge is 2.56. The molecule has 0 amide bonds. The van der Waals surface area contributed by atoms with Crippen molar-refractivity contribution in [3.63, 3.8) is 0 Å². The molecular weight excluding hydrogens is 204 g/mol. The van der Waals surface area contributed by atoms with Gasteiger partial charge >= 0.3 is 0 Å². The third kappa shape index (κ3) is 1.36. The Morgan fingerprint density at radius 2 is 2.06 bits per heavy atom. The number of Topliss-reactive ketones (excluding diaryl/α,β-unsaturated/α-hetero) is 1. The van der Waals surface area contributed by atoms with Crippen LogP contribution in [0.1, 0.15) is 29.6 Å². The minimum atomic E-state index is -1.11. The minimum Gasteiger partial charge on any atom is -0.452 e. The quantitative estimate of drug-likeness (QED) is 0.607. The Balaban J connectivity index is 1.96. The summed E-state index contributed by atoms with van der Waals surface area (Å²) < 4.78 is 5.13. The zero-order valence-corrected chi connectivity index (χ0v) is 8.77. The summed E-state index contributed by atoms with van der Waals surface area (Å²) >= 11 is 0. The number of aliphatic hydroxyl groups is 1. The molecule has 1 unspecified atom stereocenters. The molecule has 82 valence electrons. The summed E-state index contributed by atoms with van der Waals surface area (Å²) in [4.78, 5) is 12.1. The second-order valence-electron chi connectivity index (χ2n) is 4.24. The molecule has 3 rings (SSSR count). The van der Waals surface area contributed by atoms with Gasteiger partial charge < -0.3 is 9.84 Å². The third-order valence-corrected chi connectivity index (χ3v) is 3.11. The summed E-state index contributed by atoms with van der Waals surface area (Å²) in [5, 5.41) is 9.78. The van der Waals surface area contributed by atoms with E-state index in [-0.39, 0.29) is 5.78 Å². The monoisotopic (exact) mass is 216 g/mol. The molecule has 3 heteroatoms. The van der Waals surface area contributed by atoms with Gasteiger partial charge in [0.05, 0.1) is 0 Å². The number of ketones is 1. The van der Waals surface area contributed by atoms with Gasteiger partial charge in [-0.05, 0) is 12.8 Å². The Morgan fingerprint density at radius 1 is 1.31 bits per heavy atom. The van der Waals surface area contributed by atoms with Crippen LogP contribution in [0, 0.1) is 0 Å². The smallest absolute Gasteiger partial charge is 0.267 e. The van der Waals surface area contributed by atoms with Crippen LogP contribution in [0.3, 0.4) is 0 Å². The van der Waals surface area contributed by atoms with Crippen molar-refractivity contribution in [2.24, 2.45) is 0 Å². The first-order valence-corrected chi connectivity index (χ1v) is 5.45. The van der Waals surface area contributed by atoms with Crippen LogP contribution in [-0.4, -0.2) is 16.7 Å². The first-order valence-electron chi connectivity index (χ1n) is 5.45. The van der Waals surface area contributed by atoms with E-state index in [2.05, 4.69) is 0 Å². The number of hydrogen-bond donors (Lipinski definition) is 1. The van der Waals surface area contributed by atoms with E-state index in [1.165, 1.54) is 0 Å². The van der Waals surface area contributed by atoms with Crippen molar-refractivity contribution in [2.45, 2.75) is 25.0 Å². The van der Waals surface area contributed by atoms with Gasteiger partial charge in [0.25, 0.3) is 5.79 Å². The fourth-order valence-corrected chi connectivity index (χ4v) is 2.20. The molecule has 1 aliphatic heterocycles. The Hall–Kier alpha value is -1.61. The van der Waals surface area contributed by atoms with E-state index >= 15 is 0 Å². The Labute approximate surface area is 93.4 Å². The number of rotatable bonds is 2. The Morgan fingerprint density at radius 3 is 2.81 bits per heavy atom. The number of hydrogen-bond acceptors (Lipinski definition) is 3. The van der Waals surface area contributed by atoms with Crippen LogP contribution in [0.5, 0.6) is 0 Å². The highest BCUT2D eigenvalue weighted by molar-refractivity contribution is 6.09. The second-order valence-corrected chi connectivity index (χ2v) is 4.24. The zero-order chi connectivity index (χ0) is 11.2. The first kappa shape index (κ1) is 9.60. The topological polar surface area (TPSA) is 49.8 Å². The van der Waals surface area contributed by atoms with Crippen molar-refractivity contribution in [3.8, 4) is 0 Å². The summed E-state index contributed by atoms with van der Waals surface area (Å²) in [7, 11) is 0. The molecule has 1 aromatic carbocycles. The van der Waals surface area contributed by atoms with Crippen molar-refractivity contribution >= 4 is 5.78 Å². The van der Waals surface area contributed by atoms with Crippen LogP contribution in [0.25, 0.3) is 0 Å². The van der Waals surface area contributed by atoms with Gasteiger partial charge in [-0.1, -0.05) is 30.3 Å². The van der Waals surface area contributed by atoms with Gasteiger partial charge in [-0.2, -0.15) is 0 Å². The van der Waals surface area contributed by atoms with Crippen molar-refractivity contribution in [1.29, 1.82) is 0 Å². The lowest BCUT2D eigenvalue weighted by molar-refractivity contribution is 0.0269. The number of fused-ring (bicyclic) bond motifs is 1. The fourth-order valence-electron chi connectivity index (χ4n) is 2.20. The van der Waals surface area contributed by atoms with Crippen molar-refractivity contribution in [2.75, 3.05) is 0 Å². The maximum atomic E-state index is 12.1. The van der Waals surface area contributed by atoms with Crippen LogP contribution < -0.4 is 0 Å². The molecule has 1 aliphatic carbocycles. The molecule has 0 spiro atoms. The molecule has 2 aliphatic rings. The maximum Gasteiger partial charge on any atom is 0.267 e. The van der Waals surface area contributed by atoms with E-state index in [4.69, 9.17) is 4.74 Å². The summed E-state index contributed by atoms with van der Waals surface area (Å²) in [6, 6.07) is 9.11. The van der Waals surface area contributed by atoms with Crippen molar-refractivity contribution in [1.82, 2.24) is 0 Å². The predicted octanol–water partition coefficient (Wildman–Crippen LogP) is 2.03. The van der Waals surface area contributed by atoms with Crippen LogP contribution in [0.4, 0.5) is 0 Å². The molecular formula is C13H12O3. The molecule has 0 aromatic heterocycles. The van der Waals surface area contributed by atoms with E-state index in [9.17, 15) is 9.90 Å². The van der Waals surface area contributed by atoms with Crippen molar-refractivity contribution in [3.05, 3.63) is 47.2 Å². The molecule has 1 fully saturated rings. The van der Waals surface area contributed by atoms with Gasteiger partial charge in [-0.15, -0.1) is 0 Å². The molecule has 1 heterocycles. The maximum absolute atomic E-state index is 12.1. The lowest BCUT2D eigenvalue weighted by Crippen LogP contribution is -2.15. The van der Waals surface area contributed by atoms with Gasteiger partial charge in [-0.25, -0.2) is 0 Å². The van der Waals surface area contributed by atoms with Crippen LogP contribution >= 0.6 is 0 Å². The van der Waals surface area contributed by atoms with Gasteiger partial charge in [0, 0.05) is 17.6 Å². The molecule has 1 atom stereocenters. The molecule has 1 aromatic rings. The normalized spacial score (nSPS) is 27.1. The number of ether oxygens (including phenoxy) is 1. The zero-order valence-electron chi connectivity index (χ0n) is 8.77. The van der Waals surface area contributed by atoms with E-state index < -0.39 is 5.79 Å². The van der Waals surface area contributed by atoms with Crippen LogP contribution in [-0.2, 0) is 4.74 Å². The lowest BCUT2D eigenvalue weighted by atomic mass is 9.92. The number of carbonyl (C=O) groups excluding carboxylic acids is 1. The number of allylic oxidation sites excluding steroid dienone is 1. The van der Waals surface area contributed by atoms with E-state index in [0.29, 0.717) is 29.7 Å². The summed E-state index contributed by atoms with van der Waals surface area (Å²) in [6.07, 6.45) is 2.10. The molecule has 1 saturated heterocycles. The van der Waals surface area contributed by atoms with E-state index in [1.54, 1.807) is 12.1 Å². The molecule has 0 radical (unpaired) electrons.